The Morgan fingerprint density at radius 2 is 1.76 bits per heavy atom. The lowest BCUT2D eigenvalue weighted by molar-refractivity contribution is 0.306. The number of benzene rings is 2. The van der Waals surface area contributed by atoms with E-state index in [0.29, 0.717) is 6.61 Å². The summed E-state index contributed by atoms with van der Waals surface area (Å²) in [4.78, 5) is 0. The van der Waals surface area contributed by atoms with E-state index in [9.17, 15) is 4.39 Å². The fourth-order valence-corrected chi connectivity index (χ4v) is 1.97. The minimum atomic E-state index is -0.244. The van der Waals surface area contributed by atoms with Crippen molar-refractivity contribution < 1.29 is 13.7 Å². The zero-order valence-electron chi connectivity index (χ0n) is 11.5. The van der Waals surface area contributed by atoms with Gasteiger partial charge in [0, 0.05) is 11.6 Å². The SMILES string of the molecule is Cc1cc(-c2ccc(OCc3ccc(F)cc3)cc2)no1. The van der Waals surface area contributed by atoms with Crippen LogP contribution in [0.5, 0.6) is 5.75 Å². The zero-order valence-corrected chi connectivity index (χ0v) is 11.5. The van der Waals surface area contributed by atoms with Crippen molar-refractivity contribution >= 4 is 0 Å². The molecular formula is C17H14FNO2. The third-order valence-electron chi connectivity index (χ3n) is 3.10. The van der Waals surface area contributed by atoms with E-state index in [-0.39, 0.29) is 5.82 Å². The standard InChI is InChI=1S/C17H14FNO2/c1-12-10-17(19-21-12)14-4-8-16(9-5-14)20-11-13-2-6-15(18)7-3-13/h2-10H,11H2,1H3. The number of rotatable bonds is 4. The van der Waals surface area contributed by atoms with Crippen molar-refractivity contribution in [2.75, 3.05) is 0 Å². The van der Waals surface area contributed by atoms with Gasteiger partial charge in [-0.25, -0.2) is 4.39 Å². The number of ether oxygens (including phenoxy) is 1. The van der Waals surface area contributed by atoms with Crippen molar-refractivity contribution in [1.29, 1.82) is 0 Å². The first-order valence-electron chi connectivity index (χ1n) is 6.62. The lowest BCUT2D eigenvalue weighted by Crippen LogP contribution is -1.95. The fourth-order valence-electron chi connectivity index (χ4n) is 1.97. The highest BCUT2D eigenvalue weighted by Crippen LogP contribution is 2.22. The normalized spacial score (nSPS) is 10.6. The van der Waals surface area contributed by atoms with Crippen molar-refractivity contribution in [1.82, 2.24) is 5.16 Å². The maximum Gasteiger partial charge on any atom is 0.134 e. The van der Waals surface area contributed by atoms with Crippen LogP contribution in [0.25, 0.3) is 11.3 Å². The molecule has 2 aromatic carbocycles. The highest BCUT2D eigenvalue weighted by atomic mass is 19.1. The van der Waals surface area contributed by atoms with Crippen LogP contribution >= 0.6 is 0 Å². The van der Waals surface area contributed by atoms with Gasteiger partial charge in [-0.05, 0) is 48.9 Å². The highest BCUT2D eigenvalue weighted by molar-refractivity contribution is 5.59. The number of halogens is 1. The van der Waals surface area contributed by atoms with Gasteiger partial charge in [0.05, 0.1) is 0 Å². The third-order valence-corrected chi connectivity index (χ3v) is 3.10. The van der Waals surface area contributed by atoms with E-state index in [4.69, 9.17) is 9.26 Å². The summed E-state index contributed by atoms with van der Waals surface area (Å²) in [6.07, 6.45) is 0. The average molecular weight is 283 g/mol. The second-order valence-corrected chi connectivity index (χ2v) is 4.76. The molecule has 0 spiro atoms. The average Bonchev–Trinajstić information content (AvgIpc) is 2.94. The molecule has 0 aliphatic rings. The Labute approximate surface area is 122 Å². The molecule has 4 heteroatoms. The topological polar surface area (TPSA) is 35.3 Å². The van der Waals surface area contributed by atoms with Crippen LogP contribution in [0.15, 0.2) is 59.1 Å². The molecule has 3 rings (SSSR count). The predicted molar refractivity (Wildman–Crippen MR) is 77.4 cm³/mol. The minimum absolute atomic E-state index is 0.244. The summed E-state index contributed by atoms with van der Waals surface area (Å²) in [5, 5.41) is 3.97. The maximum atomic E-state index is 12.8. The number of hydrogen-bond acceptors (Lipinski definition) is 3. The molecule has 0 radical (unpaired) electrons. The van der Waals surface area contributed by atoms with Gasteiger partial charge in [-0.15, -0.1) is 0 Å². The van der Waals surface area contributed by atoms with Gasteiger partial charge in [0.25, 0.3) is 0 Å². The third kappa shape index (κ3) is 3.28. The Hall–Kier alpha value is -2.62. The van der Waals surface area contributed by atoms with Crippen molar-refractivity contribution in [3.8, 4) is 17.0 Å². The fraction of sp³-hybridized carbons (Fsp3) is 0.118. The first kappa shape index (κ1) is 13.4. The van der Waals surface area contributed by atoms with Gasteiger partial charge in [0.15, 0.2) is 0 Å². The number of nitrogens with zero attached hydrogens (tertiary/aromatic N) is 1. The molecule has 0 saturated heterocycles. The molecule has 0 aliphatic heterocycles. The van der Waals surface area contributed by atoms with Crippen molar-refractivity contribution in [2.45, 2.75) is 13.5 Å². The molecule has 0 N–H and O–H groups in total. The number of aryl methyl sites for hydroxylation is 1. The molecule has 21 heavy (non-hydrogen) atoms. The van der Waals surface area contributed by atoms with E-state index in [2.05, 4.69) is 5.16 Å². The second-order valence-electron chi connectivity index (χ2n) is 4.76. The Balaban J connectivity index is 1.65. The summed E-state index contributed by atoms with van der Waals surface area (Å²) in [6.45, 7) is 2.26. The largest absolute Gasteiger partial charge is 0.489 e. The second kappa shape index (κ2) is 5.79. The Morgan fingerprint density at radius 3 is 2.38 bits per heavy atom. The van der Waals surface area contributed by atoms with Gasteiger partial charge < -0.3 is 9.26 Å². The summed E-state index contributed by atoms with van der Waals surface area (Å²) in [7, 11) is 0. The molecule has 0 bridgehead atoms. The van der Waals surface area contributed by atoms with Crippen LogP contribution in [0.2, 0.25) is 0 Å². The Kier molecular flexibility index (Phi) is 3.69. The number of hydrogen-bond donors (Lipinski definition) is 0. The first-order valence-corrected chi connectivity index (χ1v) is 6.62. The van der Waals surface area contributed by atoms with Crippen LogP contribution in [0.4, 0.5) is 4.39 Å². The van der Waals surface area contributed by atoms with Crippen LogP contribution in [0.3, 0.4) is 0 Å². The molecule has 1 heterocycles. The van der Waals surface area contributed by atoms with Gasteiger partial charge in [-0.3, -0.25) is 0 Å². The van der Waals surface area contributed by atoms with Gasteiger partial charge in [0.2, 0.25) is 0 Å². The molecule has 0 saturated carbocycles. The quantitative estimate of drug-likeness (QED) is 0.713. The van der Waals surface area contributed by atoms with Gasteiger partial charge in [-0.1, -0.05) is 17.3 Å². The van der Waals surface area contributed by atoms with Crippen LogP contribution in [0.1, 0.15) is 11.3 Å². The van der Waals surface area contributed by atoms with Crippen LogP contribution in [-0.4, -0.2) is 5.16 Å². The van der Waals surface area contributed by atoms with Crippen LogP contribution < -0.4 is 4.74 Å². The smallest absolute Gasteiger partial charge is 0.134 e. The van der Waals surface area contributed by atoms with Crippen molar-refractivity contribution in [3.63, 3.8) is 0 Å². The lowest BCUT2D eigenvalue weighted by Gasteiger charge is -2.06. The Morgan fingerprint density at radius 1 is 1.05 bits per heavy atom. The maximum absolute atomic E-state index is 12.8. The molecule has 0 amide bonds. The van der Waals surface area contributed by atoms with E-state index in [1.54, 1.807) is 12.1 Å². The molecule has 0 unspecified atom stereocenters. The van der Waals surface area contributed by atoms with E-state index in [1.807, 2.05) is 37.3 Å². The monoisotopic (exact) mass is 283 g/mol. The van der Waals surface area contributed by atoms with E-state index < -0.39 is 0 Å². The summed E-state index contributed by atoms with van der Waals surface area (Å²) >= 11 is 0. The van der Waals surface area contributed by atoms with Crippen molar-refractivity contribution in [3.05, 3.63) is 71.7 Å². The highest BCUT2D eigenvalue weighted by Gasteiger charge is 2.04. The summed E-state index contributed by atoms with van der Waals surface area (Å²) < 4.78 is 23.5. The zero-order chi connectivity index (χ0) is 14.7. The molecule has 3 nitrogen and oxygen atoms in total. The van der Waals surface area contributed by atoms with Crippen molar-refractivity contribution in [2.24, 2.45) is 0 Å². The Bertz CT molecular complexity index is 717. The summed E-state index contributed by atoms with van der Waals surface area (Å²) in [5.74, 6) is 1.29. The van der Waals surface area contributed by atoms with E-state index >= 15 is 0 Å². The summed E-state index contributed by atoms with van der Waals surface area (Å²) in [5.41, 5.74) is 2.70. The molecular weight excluding hydrogens is 269 g/mol. The number of aromatic nitrogens is 1. The van der Waals surface area contributed by atoms with E-state index in [0.717, 1.165) is 28.3 Å². The molecule has 0 aliphatic carbocycles. The molecule has 0 fully saturated rings. The lowest BCUT2D eigenvalue weighted by atomic mass is 10.1. The summed E-state index contributed by atoms with van der Waals surface area (Å²) in [6, 6.07) is 15.8. The minimum Gasteiger partial charge on any atom is -0.489 e. The van der Waals surface area contributed by atoms with Crippen LogP contribution in [-0.2, 0) is 6.61 Å². The first-order chi connectivity index (χ1) is 10.2. The predicted octanol–water partition coefficient (Wildman–Crippen LogP) is 4.37. The van der Waals surface area contributed by atoms with Crippen LogP contribution in [0, 0.1) is 12.7 Å². The van der Waals surface area contributed by atoms with Gasteiger partial charge >= 0.3 is 0 Å². The van der Waals surface area contributed by atoms with Gasteiger partial charge in [0.1, 0.15) is 29.6 Å². The van der Waals surface area contributed by atoms with E-state index in [1.165, 1.54) is 12.1 Å². The molecule has 106 valence electrons. The molecule has 0 atom stereocenters. The van der Waals surface area contributed by atoms with Gasteiger partial charge in [-0.2, -0.15) is 0 Å². The molecule has 1 aromatic heterocycles. The molecule has 3 aromatic rings.